The van der Waals surface area contributed by atoms with Crippen LogP contribution in [0.3, 0.4) is 0 Å². The fourth-order valence-electron chi connectivity index (χ4n) is 1.76. The minimum absolute atomic E-state index is 0.662. The fourth-order valence-corrected chi connectivity index (χ4v) is 1.76. The number of hydrogen-bond donors (Lipinski definition) is 2. The first-order chi connectivity index (χ1) is 6.13. The molecule has 0 aliphatic carbocycles. The van der Waals surface area contributed by atoms with Crippen LogP contribution in [-0.4, -0.2) is 13.1 Å². The summed E-state index contributed by atoms with van der Waals surface area (Å²) < 4.78 is 0. The number of rotatable bonds is 7. The molecule has 0 saturated carbocycles. The van der Waals surface area contributed by atoms with Crippen molar-refractivity contribution < 1.29 is 0 Å². The van der Waals surface area contributed by atoms with Crippen molar-refractivity contribution in [3.63, 3.8) is 0 Å². The molecule has 0 bridgehead atoms. The zero-order chi connectivity index (χ0) is 10.3. The van der Waals surface area contributed by atoms with E-state index in [4.69, 9.17) is 11.5 Å². The van der Waals surface area contributed by atoms with Crippen LogP contribution in [0.1, 0.15) is 40.0 Å². The van der Waals surface area contributed by atoms with Crippen molar-refractivity contribution in [2.45, 2.75) is 40.0 Å². The van der Waals surface area contributed by atoms with E-state index in [1.165, 1.54) is 19.3 Å². The zero-order valence-corrected chi connectivity index (χ0v) is 9.42. The monoisotopic (exact) mass is 186 g/mol. The second kappa shape index (κ2) is 7.34. The van der Waals surface area contributed by atoms with Gasteiger partial charge >= 0.3 is 0 Å². The molecule has 0 aliphatic heterocycles. The molecule has 0 heterocycles. The van der Waals surface area contributed by atoms with Crippen molar-refractivity contribution >= 4 is 0 Å². The molecular formula is C11H26N2. The summed E-state index contributed by atoms with van der Waals surface area (Å²) in [5.74, 6) is 2.14. The normalized spacial score (nSPS) is 18.2. The summed E-state index contributed by atoms with van der Waals surface area (Å²) in [6.07, 6.45) is 3.78. The Hall–Kier alpha value is -0.0800. The highest BCUT2D eigenvalue weighted by Crippen LogP contribution is 2.22. The lowest BCUT2D eigenvalue weighted by atomic mass is 9.86. The molecule has 2 heteroatoms. The highest BCUT2D eigenvalue weighted by atomic mass is 14.5. The van der Waals surface area contributed by atoms with Crippen molar-refractivity contribution in [3.8, 4) is 0 Å². The Morgan fingerprint density at radius 3 is 1.54 bits per heavy atom. The Morgan fingerprint density at radius 2 is 1.31 bits per heavy atom. The smallest absolute Gasteiger partial charge is 0.00514 e. The number of hydrogen-bond acceptors (Lipinski definition) is 2. The molecule has 0 aromatic rings. The molecule has 2 unspecified atom stereocenters. The van der Waals surface area contributed by atoms with Gasteiger partial charge in [-0.1, -0.05) is 27.2 Å². The minimum atomic E-state index is 0.662. The highest BCUT2D eigenvalue weighted by Gasteiger charge is 2.13. The van der Waals surface area contributed by atoms with Crippen LogP contribution in [0, 0.1) is 17.8 Å². The van der Waals surface area contributed by atoms with Gasteiger partial charge in [-0.05, 0) is 43.7 Å². The van der Waals surface area contributed by atoms with Crippen LogP contribution in [-0.2, 0) is 0 Å². The molecule has 0 saturated heterocycles. The third-order valence-corrected chi connectivity index (χ3v) is 2.85. The van der Waals surface area contributed by atoms with Crippen LogP contribution in [0.2, 0.25) is 0 Å². The zero-order valence-electron chi connectivity index (χ0n) is 9.42. The molecule has 80 valence electrons. The molecule has 0 fully saturated rings. The maximum absolute atomic E-state index is 5.61. The second-order valence-electron chi connectivity index (χ2n) is 4.43. The lowest BCUT2D eigenvalue weighted by molar-refractivity contribution is 0.320. The van der Waals surface area contributed by atoms with E-state index < -0.39 is 0 Å². The average Bonchev–Trinajstić information content (AvgIpc) is 2.16. The first-order valence-electron chi connectivity index (χ1n) is 5.54. The average molecular weight is 186 g/mol. The molecule has 0 rings (SSSR count). The minimum Gasteiger partial charge on any atom is -0.330 e. The Balaban J connectivity index is 3.74. The SMILES string of the molecule is CCC(CC(C)CN)CC(C)CN. The summed E-state index contributed by atoms with van der Waals surface area (Å²) in [5, 5.41) is 0. The Bertz CT molecular complexity index is 103. The van der Waals surface area contributed by atoms with E-state index in [0.29, 0.717) is 11.8 Å². The van der Waals surface area contributed by atoms with Gasteiger partial charge in [-0.25, -0.2) is 0 Å². The van der Waals surface area contributed by atoms with Gasteiger partial charge in [0.2, 0.25) is 0 Å². The Labute approximate surface area is 83.1 Å². The summed E-state index contributed by atoms with van der Waals surface area (Å²) in [7, 11) is 0. The lowest BCUT2D eigenvalue weighted by Gasteiger charge is -2.21. The summed E-state index contributed by atoms with van der Waals surface area (Å²) >= 11 is 0. The van der Waals surface area contributed by atoms with Crippen molar-refractivity contribution in [1.29, 1.82) is 0 Å². The van der Waals surface area contributed by atoms with Crippen molar-refractivity contribution in [2.75, 3.05) is 13.1 Å². The van der Waals surface area contributed by atoms with Gasteiger partial charge in [-0.15, -0.1) is 0 Å². The van der Waals surface area contributed by atoms with Crippen LogP contribution in [0.25, 0.3) is 0 Å². The molecule has 0 amide bonds. The molecule has 0 radical (unpaired) electrons. The van der Waals surface area contributed by atoms with Crippen LogP contribution >= 0.6 is 0 Å². The van der Waals surface area contributed by atoms with Crippen LogP contribution in [0.5, 0.6) is 0 Å². The maximum atomic E-state index is 5.61. The Morgan fingerprint density at radius 1 is 0.923 bits per heavy atom. The predicted octanol–water partition coefficient (Wildman–Crippen LogP) is 1.98. The van der Waals surface area contributed by atoms with Gasteiger partial charge in [0.05, 0.1) is 0 Å². The van der Waals surface area contributed by atoms with E-state index in [-0.39, 0.29) is 0 Å². The van der Waals surface area contributed by atoms with Gasteiger partial charge in [-0.2, -0.15) is 0 Å². The molecule has 2 nitrogen and oxygen atoms in total. The van der Waals surface area contributed by atoms with Gasteiger partial charge in [0.25, 0.3) is 0 Å². The largest absolute Gasteiger partial charge is 0.330 e. The quantitative estimate of drug-likeness (QED) is 0.639. The van der Waals surface area contributed by atoms with E-state index in [1.54, 1.807) is 0 Å². The molecule has 0 aromatic carbocycles. The van der Waals surface area contributed by atoms with E-state index in [9.17, 15) is 0 Å². The highest BCUT2D eigenvalue weighted by molar-refractivity contribution is 4.66. The summed E-state index contributed by atoms with van der Waals surface area (Å²) in [6, 6.07) is 0. The number of nitrogens with two attached hydrogens (primary N) is 2. The van der Waals surface area contributed by atoms with Gasteiger partial charge in [-0.3, -0.25) is 0 Å². The van der Waals surface area contributed by atoms with Crippen molar-refractivity contribution in [3.05, 3.63) is 0 Å². The molecular weight excluding hydrogens is 160 g/mol. The fraction of sp³-hybridized carbons (Fsp3) is 1.00. The third kappa shape index (κ3) is 6.05. The predicted molar refractivity (Wildman–Crippen MR) is 59.5 cm³/mol. The van der Waals surface area contributed by atoms with Gasteiger partial charge < -0.3 is 11.5 Å². The van der Waals surface area contributed by atoms with E-state index in [0.717, 1.165) is 19.0 Å². The van der Waals surface area contributed by atoms with Gasteiger partial charge in [0, 0.05) is 0 Å². The summed E-state index contributed by atoms with van der Waals surface area (Å²) in [5.41, 5.74) is 11.2. The molecule has 0 aliphatic rings. The molecule has 0 aromatic heterocycles. The van der Waals surface area contributed by atoms with Gasteiger partial charge in [0.1, 0.15) is 0 Å². The first-order valence-corrected chi connectivity index (χ1v) is 5.54. The Kier molecular flexibility index (Phi) is 7.29. The van der Waals surface area contributed by atoms with Crippen molar-refractivity contribution in [2.24, 2.45) is 29.2 Å². The van der Waals surface area contributed by atoms with Crippen LogP contribution < -0.4 is 11.5 Å². The van der Waals surface area contributed by atoms with Crippen molar-refractivity contribution in [1.82, 2.24) is 0 Å². The van der Waals surface area contributed by atoms with E-state index in [2.05, 4.69) is 20.8 Å². The van der Waals surface area contributed by atoms with Gasteiger partial charge in [0.15, 0.2) is 0 Å². The first kappa shape index (κ1) is 12.9. The second-order valence-corrected chi connectivity index (χ2v) is 4.43. The molecule has 0 spiro atoms. The van der Waals surface area contributed by atoms with Crippen LogP contribution in [0.4, 0.5) is 0 Å². The summed E-state index contributed by atoms with van der Waals surface area (Å²) in [4.78, 5) is 0. The maximum Gasteiger partial charge on any atom is -0.00514 e. The molecule has 4 N–H and O–H groups in total. The van der Waals surface area contributed by atoms with Crippen LogP contribution in [0.15, 0.2) is 0 Å². The lowest BCUT2D eigenvalue weighted by Crippen LogP contribution is -2.19. The van der Waals surface area contributed by atoms with E-state index >= 15 is 0 Å². The van der Waals surface area contributed by atoms with E-state index in [1.807, 2.05) is 0 Å². The topological polar surface area (TPSA) is 52.0 Å². The standard InChI is InChI=1S/C11H26N2/c1-4-11(5-9(2)7-12)6-10(3)8-13/h9-11H,4-8,12-13H2,1-3H3. The third-order valence-electron chi connectivity index (χ3n) is 2.85. The molecule has 2 atom stereocenters. The summed E-state index contributed by atoms with van der Waals surface area (Å²) in [6.45, 7) is 8.35. The molecule has 13 heavy (non-hydrogen) atoms.